The second-order valence-electron chi connectivity index (χ2n) is 12.3. The SMILES string of the molecule is O=S(=O)(Cc1ccccc1C[P+](c1cccc2ccccc12)(c1cccc2ccccc12)c1cccc2ccccc12)c1ccccc1. The summed E-state index contributed by atoms with van der Waals surface area (Å²) in [7, 11) is -6.15. The monoisotopic (exact) mass is 657 g/mol. The van der Waals surface area contributed by atoms with Crippen LogP contribution in [0, 0.1) is 0 Å². The van der Waals surface area contributed by atoms with E-state index in [1.807, 2.05) is 18.2 Å². The van der Waals surface area contributed by atoms with Gasteiger partial charge in [0.2, 0.25) is 0 Å². The van der Waals surface area contributed by atoms with Gasteiger partial charge in [-0.3, -0.25) is 0 Å². The Morgan fingerprint density at radius 3 is 1.23 bits per heavy atom. The summed E-state index contributed by atoms with van der Waals surface area (Å²) in [5.41, 5.74) is 1.89. The number of benzene rings is 8. The molecule has 0 unspecified atom stereocenters. The maximum absolute atomic E-state index is 13.9. The maximum atomic E-state index is 13.9. The Hall–Kier alpha value is -5.08. The summed E-state index contributed by atoms with van der Waals surface area (Å²) in [5, 5.41) is 11.2. The van der Waals surface area contributed by atoms with Crippen LogP contribution >= 0.6 is 7.26 Å². The number of hydrogen-bond donors (Lipinski definition) is 0. The second kappa shape index (κ2) is 12.5. The highest BCUT2D eigenvalue weighted by Crippen LogP contribution is 2.61. The molecular formula is C44H34O2PS+. The third-order valence-electron chi connectivity index (χ3n) is 9.51. The predicted octanol–water partition coefficient (Wildman–Crippen LogP) is 9.61. The van der Waals surface area contributed by atoms with E-state index < -0.39 is 17.1 Å². The molecule has 232 valence electrons. The molecule has 0 bridgehead atoms. The molecule has 0 saturated heterocycles. The van der Waals surface area contributed by atoms with Gasteiger partial charge in [0.25, 0.3) is 0 Å². The van der Waals surface area contributed by atoms with Crippen molar-refractivity contribution in [2.24, 2.45) is 0 Å². The molecule has 0 aliphatic heterocycles. The summed E-state index contributed by atoms with van der Waals surface area (Å²) < 4.78 is 27.7. The van der Waals surface area contributed by atoms with E-state index in [1.165, 1.54) is 48.2 Å². The van der Waals surface area contributed by atoms with Crippen molar-refractivity contribution >= 4 is 65.3 Å². The molecule has 0 heterocycles. The van der Waals surface area contributed by atoms with Gasteiger partial charge in [0.1, 0.15) is 23.2 Å². The zero-order valence-corrected chi connectivity index (χ0v) is 28.1. The van der Waals surface area contributed by atoms with Gasteiger partial charge in [-0.25, -0.2) is 8.42 Å². The fraction of sp³-hybridized carbons (Fsp3) is 0.0455. The molecular weight excluding hydrogens is 624 g/mol. The van der Waals surface area contributed by atoms with Gasteiger partial charge >= 0.3 is 0 Å². The van der Waals surface area contributed by atoms with Crippen molar-refractivity contribution in [1.29, 1.82) is 0 Å². The van der Waals surface area contributed by atoms with Gasteiger partial charge in [0, 0.05) is 16.2 Å². The number of sulfone groups is 1. The lowest BCUT2D eigenvalue weighted by atomic mass is 10.1. The minimum atomic E-state index is -3.58. The molecule has 0 amide bonds. The second-order valence-corrected chi connectivity index (χ2v) is 17.7. The first kappa shape index (κ1) is 30.3. The Morgan fingerprint density at radius 2 is 0.750 bits per heavy atom. The van der Waals surface area contributed by atoms with Gasteiger partial charge in [0.15, 0.2) is 9.84 Å². The van der Waals surface area contributed by atoms with Crippen molar-refractivity contribution in [1.82, 2.24) is 0 Å². The van der Waals surface area contributed by atoms with E-state index in [0.29, 0.717) is 11.1 Å². The summed E-state index contributed by atoms with van der Waals surface area (Å²) in [5.74, 6) is -0.0617. The molecule has 2 nitrogen and oxygen atoms in total. The molecule has 0 saturated carbocycles. The van der Waals surface area contributed by atoms with Gasteiger partial charge < -0.3 is 0 Å². The van der Waals surface area contributed by atoms with E-state index in [9.17, 15) is 8.42 Å². The highest BCUT2D eigenvalue weighted by Gasteiger charge is 2.49. The van der Waals surface area contributed by atoms with Crippen LogP contribution in [-0.2, 0) is 21.8 Å². The largest absolute Gasteiger partial charge is 0.223 e. The standard InChI is InChI=1S/C44H34O2PS/c45-48(46,38-23-2-1-3-24-38)32-37-19-5-4-18-36(37)31-47(42-28-12-20-33-15-6-9-25-39(33)42,43-29-13-21-34-16-7-10-26-40(34)43)44-30-14-22-35-17-8-11-27-41(35)44/h1-30H,31-32H2/q+1. The van der Waals surface area contributed by atoms with E-state index >= 15 is 0 Å². The van der Waals surface area contributed by atoms with Crippen LogP contribution in [0.2, 0.25) is 0 Å². The third-order valence-corrected chi connectivity index (χ3v) is 15.6. The molecule has 0 spiro atoms. The first-order valence-corrected chi connectivity index (χ1v) is 19.8. The fourth-order valence-corrected chi connectivity index (χ4v) is 13.7. The average Bonchev–Trinajstić information content (AvgIpc) is 3.14. The minimum absolute atomic E-state index is 0.0617. The van der Waals surface area contributed by atoms with Crippen molar-refractivity contribution in [2.45, 2.75) is 16.8 Å². The maximum Gasteiger partial charge on any atom is 0.182 e. The quantitative estimate of drug-likeness (QED) is 0.153. The van der Waals surface area contributed by atoms with Gasteiger partial charge in [-0.2, -0.15) is 0 Å². The molecule has 4 heteroatoms. The predicted molar refractivity (Wildman–Crippen MR) is 205 cm³/mol. The Labute approximate surface area is 282 Å². The normalized spacial score (nSPS) is 12.1. The van der Waals surface area contributed by atoms with E-state index in [-0.39, 0.29) is 5.75 Å². The third kappa shape index (κ3) is 5.30. The summed E-state index contributed by atoms with van der Waals surface area (Å²) in [6.45, 7) is 0. The van der Waals surface area contributed by atoms with Gasteiger partial charge in [-0.05, 0) is 57.6 Å². The molecule has 0 radical (unpaired) electrons. The molecule has 0 aliphatic rings. The van der Waals surface area contributed by atoms with Crippen molar-refractivity contribution in [3.63, 3.8) is 0 Å². The van der Waals surface area contributed by atoms with Crippen LogP contribution in [0.1, 0.15) is 11.1 Å². The van der Waals surface area contributed by atoms with Crippen molar-refractivity contribution in [3.05, 3.63) is 193 Å². The number of rotatable bonds is 8. The fourth-order valence-electron chi connectivity index (χ4n) is 7.29. The van der Waals surface area contributed by atoms with Gasteiger partial charge in [0.05, 0.1) is 16.8 Å². The lowest BCUT2D eigenvalue weighted by Crippen LogP contribution is -2.34. The summed E-state index contributed by atoms with van der Waals surface area (Å²) in [4.78, 5) is 0.345. The van der Waals surface area contributed by atoms with E-state index in [1.54, 1.807) is 24.3 Å². The molecule has 8 rings (SSSR count). The van der Waals surface area contributed by atoms with Gasteiger partial charge in [-0.1, -0.05) is 152 Å². The topological polar surface area (TPSA) is 34.1 Å². The molecule has 0 N–H and O–H groups in total. The highest BCUT2D eigenvalue weighted by molar-refractivity contribution is 7.96. The van der Waals surface area contributed by atoms with Crippen molar-refractivity contribution in [3.8, 4) is 0 Å². The number of fused-ring (bicyclic) bond motifs is 3. The Bertz CT molecular complexity index is 2330. The zero-order chi connectivity index (χ0) is 32.6. The van der Waals surface area contributed by atoms with Crippen LogP contribution < -0.4 is 15.9 Å². The molecule has 0 atom stereocenters. The molecule has 0 fully saturated rings. The van der Waals surface area contributed by atoms with Crippen LogP contribution in [-0.4, -0.2) is 8.42 Å². The van der Waals surface area contributed by atoms with Crippen LogP contribution in [0.15, 0.2) is 187 Å². The molecule has 0 aromatic heterocycles. The Balaban J connectivity index is 1.49. The van der Waals surface area contributed by atoms with Crippen LogP contribution in [0.3, 0.4) is 0 Å². The summed E-state index contributed by atoms with van der Waals surface area (Å²) in [6.07, 6.45) is 0.670. The first-order chi connectivity index (χ1) is 23.5. The van der Waals surface area contributed by atoms with Crippen LogP contribution in [0.25, 0.3) is 32.3 Å². The van der Waals surface area contributed by atoms with Crippen LogP contribution in [0.4, 0.5) is 0 Å². The molecule has 0 aliphatic carbocycles. The molecule has 8 aromatic rings. The van der Waals surface area contributed by atoms with Crippen molar-refractivity contribution in [2.75, 3.05) is 0 Å². The van der Waals surface area contributed by atoms with Gasteiger partial charge in [-0.15, -0.1) is 0 Å². The van der Waals surface area contributed by atoms with E-state index in [0.717, 1.165) is 11.1 Å². The van der Waals surface area contributed by atoms with Crippen molar-refractivity contribution < 1.29 is 8.42 Å². The Morgan fingerprint density at radius 1 is 0.375 bits per heavy atom. The van der Waals surface area contributed by atoms with Crippen LogP contribution in [0.5, 0.6) is 0 Å². The van der Waals surface area contributed by atoms with E-state index in [4.69, 9.17) is 0 Å². The highest BCUT2D eigenvalue weighted by atomic mass is 32.2. The summed E-state index contributed by atoms with van der Waals surface area (Å²) in [6, 6.07) is 63.1. The molecule has 8 aromatic carbocycles. The number of hydrogen-bond acceptors (Lipinski definition) is 2. The Kier molecular flexibility index (Phi) is 7.89. The zero-order valence-electron chi connectivity index (χ0n) is 26.4. The smallest absolute Gasteiger partial charge is 0.182 e. The lowest BCUT2D eigenvalue weighted by molar-refractivity contribution is 0.595. The average molecular weight is 658 g/mol. The summed E-state index contributed by atoms with van der Waals surface area (Å²) >= 11 is 0. The first-order valence-electron chi connectivity index (χ1n) is 16.2. The minimum Gasteiger partial charge on any atom is -0.223 e. The van der Waals surface area contributed by atoms with E-state index in [2.05, 4.69) is 140 Å². The lowest BCUT2D eigenvalue weighted by Gasteiger charge is -2.31. The molecule has 48 heavy (non-hydrogen) atoms.